The Kier molecular flexibility index (Phi) is 5.04. The number of amides is 1. The second kappa shape index (κ2) is 6.60. The van der Waals surface area contributed by atoms with Crippen molar-refractivity contribution in [2.45, 2.75) is 39.2 Å². The van der Waals surface area contributed by atoms with Crippen molar-refractivity contribution in [3.63, 3.8) is 0 Å². The molecule has 5 heteroatoms. The third-order valence-corrected chi connectivity index (χ3v) is 3.79. The zero-order valence-electron chi connectivity index (χ0n) is 12.7. The van der Waals surface area contributed by atoms with Crippen LogP contribution in [0, 0.1) is 0 Å². The van der Waals surface area contributed by atoms with Gasteiger partial charge in [0.1, 0.15) is 5.60 Å². The van der Waals surface area contributed by atoms with E-state index in [1.807, 2.05) is 45.0 Å². The summed E-state index contributed by atoms with van der Waals surface area (Å²) < 4.78 is 6.38. The second-order valence-electron chi connectivity index (χ2n) is 6.10. The van der Waals surface area contributed by atoms with Gasteiger partial charge in [-0.1, -0.05) is 12.1 Å². The van der Waals surface area contributed by atoms with Crippen LogP contribution in [0.25, 0.3) is 0 Å². The molecule has 1 aliphatic heterocycles. The first-order valence-electron chi connectivity index (χ1n) is 7.14. The quantitative estimate of drug-likeness (QED) is 0.743. The number of carbonyl (C=O) groups is 1. The van der Waals surface area contributed by atoms with Crippen molar-refractivity contribution in [2.75, 3.05) is 13.1 Å². The summed E-state index contributed by atoms with van der Waals surface area (Å²) in [5.41, 5.74) is 1.63. The number of piperidine rings is 1. The highest BCUT2D eigenvalue weighted by Crippen LogP contribution is 2.26. The Bertz CT molecular complexity index is 539. The van der Waals surface area contributed by atoms with Crippen molar-refractivity contribution in [3.05, 3.63) is 28.7 Å². The van der Waals surface area contributed by atoms with E-state index in [0.29, 0.717) is 13.1 Å². The fourth-order valence-electron chi connectivity index (χ4n) is 2.10. The molecule has 0 aromatic heterocycles. The highest BCUT2D eigenvalue weighted by molar-refractivity contribution is 9.10. The third kappa shape index (κ3) is 4.84. The number of halogens is 1. The molecule has 0 saturated carbocycles. The molecule has 0 N–H and O–H groups in total. The van der Waals surface area contributed by atoms with Gasteiger partial charge in [0, 0.05) is 36.1 Å². The lowest BCUT2D eigenvalue weighted by atomic mass is 10.1. The number of para-hydroxylation sites is 1. The van der Waals surface area contributed by atoms with Gasteiger partial charge in [-0.3, -0.25) is 4.99 Å². The fraction of sp³-hybridized carbons (Fsp3) is 0.500. The smallest absolute Gasteiger partial charge is 0.410 e. The SMILES string of the molecule is CC(C)(C)OC(=O)N1CCC(=Nc2ccccc2Br)CC1. The van der Waals surface area contributed by atoms with Crippen LogP contribution in [-0.4, -0.2) is 35.4 Å². The van der Waals surface area contributed by atoms with E-state index in [4.69, 9.17) is 4.74 Å². The van der Waals surface area contributed by atoms with Crippen molar-refractivity contribution in [3.8, 4) is 0 Å². The lowest BCUT2D eigenvalue weighted by Crippen LogP contribution is -2.41. The monoisotopic (exact) mass is 352 g/mol. The number of carbonyl (C=O) groups excluding carboxylic acids is 1. The minimum Gasteiger partial charge on any atom is -0.444 e. The van der Waals surface area contributed by atoms with Crippen LogP contribution in [-0.2, 0) is 4.74 Å². The van der Waals surface area contributed by atoms with Gasteiger partial charge < -0.3 is 9.64 Å². The highest BCUT2D eigenvalue weighted by atomic mass is 79.9. The van der Waals surface area contributed by atoms with Crippen LogP contribution in [0.3, 0.4) is 0 Å². The standard InChI is InChI=1S/C16H21BrN2O2/c1-16(2,3)21-15(20)19-10-8-12(9-11-19)18-14-7-5-4-6-13(14)17/h4-7H,8-11H2,1-3H3. The van der Waals surface area contributed by atoms with Crippen molar-refractivity contribution in [2.24, 2.45) is 4.99 Å². The lowest BCUT2D eigenvalue weighted by molar-refractivity contribution is 0.0249. The molecule has 1 heterocycles. The van der Waals surface area contributed by atoms with Crippen LogP contribution in [0.1, 0.15) is 33.6 Å². The predicted molar refractivity (Wildman–Crippen MR) is 88.3 cm³/mol. The maximum atomic E-state index is 12.0. The zero-order valence-corrected chi connectivity index (χ0v) is 14.3. The van der Waals surface area contributed by atoms with E-state index in [1.165, 1.54) is 0 Å². The summed E-state index contributed by atoms with van der Waals surface area (Å²) >= 11 is 3.50. The van der Waals surface area contributed by atoms with Gasteiger partial charge >= 0.3 is 6.09 Å². The van der Waals surface area contributed by atoms with Crippen molar-refractivity contribution in [1.82, 2.24) is 4.90 Å². The number of rotatable bonds is 1. The van der Waals surface area contributed by atoms with Gasteiger partial charge in [0.05, 0.1) is 5.69 Å². The molecule has 0 radical (unpaired) electrons. The molecular weight excluding hydrogens is 332 g/mol. The molecule has 1 aromatic rings. The molecule has 0 bridgehead atoms. The Balaban J connectivity index is 1.95. The Morgan fingerprint density at radius 1 is 1.24 bits per heavy atom. The van der Waals surface area contributed by atoms with Gasteiger partial charge in [-0.2, -0.15) is 0 Å². The summed E-state index contributed by atoms with van der Waals surface area (Å²) in [5, 5.41) is 0. The number of benzene rings is 1. The van der Waals surface area contributed by atoms with Gasteiger partial charge in [0.25, 0.3) is 0 Å². The third-order valence-electron chi connectivity index (χ3n) is 3.12. The minimum atomic E-state index is -0.444. The molecule has 0 unspecified atom stereocenters. The van der Waals surface area contributed by atoms with E-state index in [0.717, 1.165) is 28.7 Å². The summed E-state index contributed by atoms with van der Waals surface area (Å²) in [6, 6.07) is 7.91. The van der Waals surface area contributed by atoms with Gasteiger partial charge in [-0.15, -0.1) is 0 Å². The average molecular weight is 353 g/mol. The summed E-state index contributed by atoms with van der Waals surface area (Å²) in [6.07, 6.45) is 1.35. The lowest BCUT2D eigenvalue weighted by Gasteiger charge is -2.30. The van der Waals surface area contributed by atoms with Crippen LogP contribution in [0.15, 0.2) is 33.7 Å². The molecule has 0 spiro atoms. The highest BCUT2D eigenvalue weighted by Gasteiger charge is 2.25. The summed E-state index contributed by atoms with van der Waals surface area (Å²) in [6.45, 7) is 6.98. The van der Waals surface area contributed by atoms with E-state index in [1.54, 1.807) is 4.90 Å². The van der Waals surface area contributed by atoms with E-state index in [2.05, 4.69) is 20.9 Å². The molecule has 4 nitrogen and oxygen atoms in total. The Morgan fingerprint density at radius 3 is 2.43 bits per heavy atom. The maximum absolute atomic E-state index is 12.0. The molecule has 0 aliphatic carbocycles. The largest absolute Gasteiger partial charge is 0.444 e. The van der Waals surface area contributed by atoms with Crippen molar-refractivity contribution >= 4 is 33.4 Å². The number of hydrogen-bond donors (Lipinski definition) is 0. The van der Waals surface area contributed by atoms with Gasteiger partial charge in [-0.05, 0) is 48.8 Å². The molecule has 114 valence electrons. The van der Waals surface area contributed by atoms with Gasteiger partial charge in [0.15, 0.2) is 0 Å². The Labute approximate surface area is 134 Å². The Morgan fingerprint density at radius 2 is 1.86 bits per heavy atom. The Hall–Kier alpha value is -1.36. The molecule has 2 rings (SSSR count). The second-order valence-corrected chi connectivity index (χ2v) is 6.95. The topological polar surface area (TPSA) is 41.9 Å². The van der Waals surface area contributed by atoms with Crippen LogP contribution in [0.2, 0.25) is 0 Å². The maximum Gasteiger partial charge on any atom is 0.410 e. The average Bonchev–Trinajstić information content (AvgIpc) is 2.40. The molecule has 1 fully saturated rings. The van der Waals surface area contributed by atoms with E-state index in [-0.39, 0.29) is 6.09 Å². The fourth-order valence-corrected chi connectivity index (χ4v) is 2.47. The summed E-state index contributed by atoms with van der Waals surface area (Å²) in [5.74, 6) is 0. The number of nitrogens with zero attached hydrogens (tertiary/aromatic N) is 2. The van der Waals surface area contributed by atoms with Gasteiger partial charge in [-0.25, -0.2) is 4.79 Å². The first-order valence-corrected chi connectivity index (χ1v) is 7.93. The minimum absolute atomic E-state index is 0.234. The van der Waals surface area contributed by atoms with Crippen LogP contribution < -0.4 is 0 Å². The number of likely N-dealkylation sites (tertiary alicyclic amines) is 1. The van der Waals surface area contributed by atoms with Crippen molar-refractivity contribution in [1.29, 1.82) is 0 Å². The van der Waals surface area contributed by atoms with E-state index >= 15 is 0 Å². The summed E-state index contributed by atoms with van der Waals surface area (Å²) in [4.78, 5) is 18.4. The van der Waals surface area contributed by atoms with Gasteiger partial charge in [0.2, 0.25) is 0 Å². The molecule has 1 saturated heterocycles. The molecule has 1 aromatic carbocycles. The number of hydrogen-bond acceptors (Lipinski definition) is 3. The first kappa shape index (κ1) is 16.0. The summed E-state index contributed by atoms with van der Waals surface area (Å²) in [7, 11) is 0. The van der Waals surface area contributed by atoms with Crippen molar-refractivity contribution < 1.29 is 9.53 Å². The molecule has 21 heavy (non-hydrogen) atoms. The molecule has 1 aliphatic rings. The number of ether oxygens (including phenoxy) is 1. The first-order chi connectivity index (χ1) is 9.85. The molecule has 0 atom stereocenters. The molecule has 1 amide bonds. The number of aliphatic imine (C=N–C) groups is 1. The van der Waals surface area contributed by atoms with E-state index < -0.39 is 5.60 Å². The normalized spacial score (nSPS) is 15.8. The van der Waals surface area contributed by atoms with Crippen LogP contribution >= 0.6 is 15.9 Å². The zero-order chi connectivity index (χ0) is 15.5. The molecular formula is C16H21BrN2O2. The van der Waals surface area contributed by atoms with Crippen LogP contribution in [0.4, 0.5) is 10.5 Å². The predicted octanol–water partition coefficient (Wildman–Crippen LogP) is 4.55. The van der Waals surface area contributed by atoms with Crippen LogP contribution in [0.5, 0.6) is 0 Å². The van der Waals surface area contributed by atoms with E-state index in [9.17, 15) is 4.79 Å².